The van der Waals surface area contributed by atoms with E-state index in [0.717, 1.165) is 5.56 Å². The molecular formula is C14H11Cl2NOS. The Morgan fingerprint density at radius 3 is 2.58 bits per heavy atom. The molecule has 0 unspecified atom stereocenters. The van der Waals surface area contributed by atoms with Crippen LogP contribution in [0.1, 0.15) is 11.1 Å². The maximum atomic E-state index is 6.08. The lowest BCUT2D eigenvalue weighted by Gasteiger charge is -2.11. The fourth-order valence-electron chi connectivity index (χ4n) is 1.59. The van der Waals surface area contributed by atoms with Gasteiger partial charge in [-0.3, -0.25) is 0 Å². The minimum atomic E-state index is 0.304. The lowest BCUT2D eigenvalue weighted by Crippen LogP contribution is -2.11. The second-order valence-electron chi connectivity index (χ2n) is 3.88. The van der Waals surface area contributed by atoms with Gasteiger partial charge in [0.15, 0.2) is 0 Å². The van der Waals surface area contributed by atoms with Gasteiger partial charge in [-0.25, -0.2) is 0 Å². The molecule has 0 saturated carbocycles. The van der Waals surface area contributed by atoms with E-state index < -0.39 is 0 Å². The van der Waals surface area contributed by atoms with Gasteiger partial charge in [0, 0.05) is 15.6 Å². The molecule has 0 heterocycles. The molecule has 0 saturated heterocycles. The van der Waals surface area contributed by atoms with Crippen molar-refractivity contribution < 1.29 is 4.74 Å². The number of para-hydroxylation sites is 1. The molecule has 0 spiro atoms. The number of thiocarbonyl (C=S) groups is 1. The summed E-state index contributed by atoms with van der Waals surface area (Å²) >= 11 is 16.9. The van der Waals surface area contributed by atoms with Crippen molar-refractivity contribution in [3.63, 3.8) is 0 Å². The van der Waals surface area contributed by atoms with Crippen LogP contribution in [0.2, 0.25) is 10.0 Å². The molecule has 0 amide bonds. The maximum Gasteiger partial charge on any atom is 0.129 e. The van der Waals surface area contributed by atoms with Crippen molar-refractivity contribution in [1.29, 1.82) is 0 Å². The van der Waals surface area contributed by atoms with Gasteiger partial charge in [-0.15, -0.1) is 0 Å². The van der Waals surface area contributed by atoms with E-state index in [2.05, 4.69) is 0 Å². The predicted octanol–water partition coefficient (Wildman–Crippen LogP) is 4.21. The quantitative estimate of drug-likeness (QED) is 0.859. The second kappa shape index (κ2) is 6.24. The van der Waals surface area contributed by atoms with Gasteiger partial charge in [-0.05, 0) is 24.3 Å². The van der Waals surface area contributed by atoms with Crippen LogP contribution in [0.5, 0.6) is 5.75 Å². The Morgan fingerprint density at radius 2 is 1.89 bits per heavy atom. The van der Waals surface area contributed by atoms with Crippen LogP contribution in [-0.4, -0.2) is 4.99 Å². The summed E-state index contributed by atoms with van der Waals surface area (Å²) in [4.78, 5) is 0.304. The molecule has 5 heteroatoms. The third-order valence-electron chi connectivity index (χ3n) is 2.55. The van der Waals surface area contributed by atoms with Crippen LogP contribution in [0, 0.1) is 0 Å². The largest absolute Gasteiger partial charge is 0.488 e. The van der Waals surface area contributed by atoms with Gasteiger partial charge in [-0.2, -0.15) is 0 Å². The van der Waals surface area contributed by atoms with Crippen molar-refractivity contribution >= 4 is 40.4 Å². The van der Waals surface area contributed by atoms with E-state index >= 15 is 0 Å². The van der Waals surface area contributed by atoms with Gasteiger partial charge in [0.1, 0.15) is 17.3 Å². The van der Waals surface area contributed by atoms with Crippen LogP contribution in [-0.2, 0) is 6.61 Å². The van der Waals surface area contributed by atoms with Crippen molar-refractivity contribution in [1.82, 2.24) is 0 Å². The van der Waals surface area contributed by atoms with Crippen LogP contribution in [0.3, 0.4) is 0 Å². The van der Waals surface area contributed by atoms with Crippen LogP contribution in [0.25, 0.3) is 0 Å². The summed E-state index contributed by atoms with van der Waals surface area (Å²) in [6, 6.07) is 12.6. The zero-order valence-electron chi connectivity index (χ0n) is 9.90. The van der Waals surface area contributed by atoms with E-state index in [0.29, 0.717) is 33.0 Å². The van der Waals surface area contributed by atoms with E-state index in [1.807, 2.05) is 30.3 Å². The first-order valence-corrected chi connectivity index (χ1v) is 6.70. The number of nitrogens with two attached hydrogens (primary N) is 1. The third kappa shape index (κ3) is 3.60. The van der Waals surface area contributed by atoms with E-state index in [9.17, 15) is 0 Å². The molecule has 2 aromatic rings. The monoisotopic (exact) mass is 311 g/mol. The van der Waals surface area contributed by atoms with Crippen LogP contribution in [0.4, 0.5) is 0 Å². The summed E-state index contributed by atoms with van der Waals surface area (Å²) in [6.45, 7) is 0.329. The zero-order chi connectivity index (χ0) is 13.8. The van der Waals surface area contributed by atoms with Crippen molar-refractivity contribution in [2.24, 2.45) is 5.73 Å². The molecule has 0 atom stereocenters. The van der Waals surface area contributed by atoms with Gasteiger partial charge in [0.25, 0.3) is 0 Å². The molecule has 0 aliphatic carbocycles. The Hall–Kier alpha value is -1.29. The Morgan fingerprint density at radius 1 is 1.16 bits per heavy atom. The summed E-state index contributed by atoms with van der Waals surface area (Å²) < 4.78 is 5.71. The molecule has 0 fully saturated rings. The predicted molar refractivity (Wildman–Crippen MR) is 83.1 cm³/mol. The Labute approximate surface area is 127 Å². The smallest absolute Gasteiger partial charge is 0.129 e. The maximum absolute atomic E-state index is 6.08. The fraction of sp³-hybridized carbons (Fsp3) is 0.0714. The third-order valence-corrected chi connectivity index (χ3v) is 3.36. The van der Waals surface area contributed by atoms with E-state index in [4.69, 9.17) is 45.9 Å². The molecular weight excluding hydrogens is 301 g/mol. The van der Waals surface area contributed by atoms with E-state index in [-0.39, 0.29) is 0 Å². The van der Waals surface area contributed by atoms with Gasteiger partial charge in [0.2, 0.25) is 0 Å². The average molecular weight is 312 g/mol. The highest BCUT2D eigenvalue weighted by Gasteiger charge is 2.07. The summed E-state index contributed by atoms with van der Waals surface area (Å²) in [5, 5.41) is 1.16. The number of halogens is 2. The number of hydrogen-bond donors (Lipinski definition) is 1. The van der Waals surface area contributed by atoms with Crippen molar-refractivity contribution in [3.8, 4) is 5.75 Å². The standard InChI is InChI=1S/C14H11Cl2NOS/c15-10-6-5-9(12(16)7-10)8-18-13-4-2-1-3-11(13)14(17)19/h1-7H,8H2,(H2,17,19). The Balaban J connectivity index is 2.17. The van der Waals surface area contributed by atoms with Crippen molar-refractivity contribution in [2.75, 3.05) is 0 Å². The minimum absolute atomic E-state index is 0.304. The summed E-state index contributed by atoms with van der Waals surface area (Å²) in [7, 11) is 0. The molecule has 98 valence electrons. The van der Waals surface area contributed by atoms with E-state index in [1.165, 1.54) is 0 Å². The number of benzene rings is 2. The first-order chi connectivity index (χ1) is 9.08. The molecule has 0 aromatic heterocycles. The van der Waals surface area contributed by atoms with Crippen molar-refractivity contribution in [2.45, 2.75) is 6.61 Å². The van der Waals surface area contributed by atoms with Gasteiger partial charge >= 0.3 is 0 Å². The highest BCUT2D eigenvalue weighted by Crippen LogP contribution is 2.24. The average Bonchev–Trinajstić information content (AvgIpc) is 2.38. The lowest BCUT2D eigenvalue weighted by molar-refractivity contribution is 0.306. The molecule has 2 rings (SSSR count). The summed E-state index contributed by atoms with van der Waals surface area (Å²) in [6.07, 6.45) is 0. The molecule has 0 bridgehead atoms. The molecule has 0 radical (unpaired) electrons. The van der Waals surface area contributed by atoms with Crippen LogP contribution >= 0.6 is 35.4 Å². The Bertz CT molecular complexity index is 616. The number of hydrogen-bond acceptors (Lipinski definition) is 2. The van der Waals surface area contributed by atoms with Crippen molar-refractivity contribution in [3.05, 3.63) is 63.6 Å². The first-order valence-electron chi connectivity index (χ1n) is 5.53. The van der Waals surface area contributed by atoms with Gasteiger partial charge in [0.05, 0.1) is 5.56 Å². The van der Waals surface area contributed by atoms with Gasteiger partial charge in [-0.1, -0.05) is 53.6 Å². The highest BCUT2D eigenvalue weighted by molar-refractivity contribution is 7.80. The van der Waals surface area contributed by atoms with Crippen LogP contribution in [0.15, 0.2) is 42.5 Å². The molecule has 0 aliphatic rings. The lowest BCUT2D eigenvalue weighted by atomic mass is 10.2. The number of rotatable bonds is 4. The molecule has 2 N–H and O–H groups in total. The normalized spacial score (nSPS) is 10.2. The first kappa shape index (κ1) is 14.1. The molecule has 2 nitrogen and oxygen atoms in total. The fourth-order valence-corrected chi connectivity index (χ4v) is 2.22. The molecule has 2 aromatic carbocycles. The summed E-state index contributed by atoms with van der Waals surface area (Å²) in [5.74, 6) is 0.640. The Kier molecular flexibility index (Phi) is 4.64. The zero-order valence-corrected chi connectivity index (χ0v) is 12.2. The summed E-state index contributed by atoms with van der Waals surface area (Å²) in [5.41, 5.74) is 7.20. The molecule has 0 aliphatic heterocycles. The second-order valence-corrected chi connectivity index (χ2v) is 5.17. The van der Waals surface area contributed by atoms with Crippen LogP contribution < -0.4 is 10.5 Å². The SMILES string of the molecule is NC(=S)c1ccccc1OCc1ccc(Cl)cc1Cl. The highest BCUT2D eigenvalue weighted by atomic mass is 35.5. The topological polar surface area (TPSA) is 35.2 Å². The number of ether oxygens (including phenoxy) is 1. The van der Waals surface area contributed by atoms with Gasteiger partial charge < -0.3 is 10.5 Å². The molecule has 19 heavy (non-hydrogen) atoms. The minimum Gasteiger partial charge on any atom is -0.488 e. The van der Waals surface area contributed by atoms with E-state index in [1.54, 1.807) is 12.1 Å².